The van der Waals surface area contributed by atoms with E-state index in [1.807, 2.05) is 0 Å². The Labute approximate surface area is 124 Å². The van der Waals surface area contributed by atoms with Crippen molar-refractivity contribution in [2.75, 3.05) is 18.0 Å². The van der Waals surface area contributed by atoms with Crippen molar-refractivity contribution in [3.63, 3.8) is 0 Å². The Balaban J connectivity index is 2.18. The van der Waals surface area contributed by atoms with E-state index in [4.69, 9.17) is 0 Å². The molecule has 0 radical (unpaired) electrons. The maximum Gasteiger partial charge on any atom is 0.0438 e. The summed E-state index contributed by atoms with van der Waals surface area (Å²) in [6.45, 7) is 13.7. The van der Waals surface area contributed by atoms with Crippen molar-refractivity contribution in [1.82, 2.24) is 5.32 Å². The molecule has 0 aliphatic carbocycles. The zero-order chi connectivity index (χ0) is 14.7. The molecular weight excluding hydrogens is 244 g/mol. The van der Waals surface area contributed by atoms with Crippen LogP contribution in [0.4, 0.5) is 5.69 Å². The zero-order valence-electron chi connectivity index (χ0n) is 13.7. The van der Waals surface area contributed by atoms with Gasteiger partial charge in [-0.05, 0) is 42.9 Å². The third-order valence-electron chi connectivity index (χ3n) is 4.29. The Morgan fingerprint density at radius 3 is 2.60 bits per heavy atom. The van der Waals surface area contributed by atoms with Gasteiger partial charge < -0.3 is 10.2 Å². The van der Waals surface area contributed by atoms with E-state index in [2.05, 4.69) is 69.1 Å². The number of rotatable bonds is 4. The summed E-state index contributed by atoms with van der Waals surface area (Å²) in [4.78, 5) is 2.63. The average molecular weight is 274 g/mol. The van der Waals surface area contributed by atoms with Crippen LogP contribution in [0.15, 0.2) is 24.3 Å². The highest BCUT2D eigenvalue weighted by Crippen LogP contribution is 2.26. The fourth-order valence-electron chi connectivity index (χ4n) is 3.26. The van der Waals surface area contributed by atoms with E-state index in [1.54, 1.807) is 0 Å². The number of hydrogen-bond donors (Lipinski definition) is 1. The standard InChI is InChI=1S/C18H30N2/c1-13(2)9-16-12-20(18(11-19-16)14(3)4)17-8-6-7-15(5)10-17/h6-8,10,13-14,16,18-19H,9,11-12H2,1-5H3. The number of anilines is 1. The summed E-state index contributed by atoms with van der Waals surface area (Å²) < 4.78 is 0. The lowest BCUT2D eigenvalue weighted by molar-refractivity contribution is 0.310. The van der Waals surface area contributed by atoms with Gasteiger partial charge >= 0.3 is 0 Å². The molecule has 1 aliphatic heterocycles. The van der Waals surface area contributed by atoms with Crippen LogP contribution < -0.4 is 10.2 Å². The minimum atomic E-state index is 0.597. The molecule has 1 fully saturated rings. The minimum Gasteiger partial charge on any atom is -0.365 e. The van der Waals surface area contributed by atoms with Gasteiger partial charge in [0, 0.05) is 30.9 Å². The van der Waals surface area contributed by atoms with Crippen molar-refractivity contribution in [3.8, 4) is 0 Å². The molecule has 1 aliphatic rings. The maximum atomic E-state index is 3.75. The average Bonchev–Trinajstić information content (AvgIpc) is 2.37. The summed E-state index contributed by atoms with van der Waals surface area (Å²) in [6.07, 6.45) is 1.26. The topological polar surface area (TPSA) is 15.3 Å². The number of piperazine rings is 1. The molecule has 1 saturated heterocycles. The normalized spacial score (nSPS) is 23.6. The highest BCUT2D eigenvalue weighted by molar-refractivity contribution is 5.50. The molecule has 1 aromatic rings. The predicted octanol–water partition coefficient (Wildman–Crippen LogP) is 3.84. The lowest BCUT2D eigenvalue weighted by Gasteiger charge is -2.44. The number of hydrogen-bond acceptors (Lipinski definition) is 2. The molecule has 2 heteroatoms. The summed E-state index contributed by atoms with van der Waals surface area (Å²) in [5.74, 6) is 1.42. The Morgan fingerprint density at radius 1 is 1.25 bits per heavy atom. The van der Waals surface area contributed by atoms with Gasteiger partial charge in [-0.1, -0.05) is 39.8 Å². The molecule has 1 aromatic carbocycles. The van der Waals surface area contributed by atoms with E-state index in [1.165, 1.54) is 17.7 Å². The molecule has 1 N–H and O–H groups in total. The summed E-state index contributed by atoms with van der Waals surface area (Å²) in [6, 6.07) is 10.2. The van der Waals surface area contributed by atoms with Gasteiger partial charge in [0.25, 0.3) is 0 Å². The first-order valence-corrected chi connectivity index (χ1v) is 8.04. The van der Waals surface area contributed by atoms with Crippen LogP contribution in [-0.2, 0) is 0 Å². The lowest BCUT2D eigenvalue weighted by atomic mass is 9.94. The first kappa shape index (κ1) is 15.4. The molecule has 0 spiro atoms. The van der Waals surface area contributed by atoms with Crippen LogP contribution in [0, 0.1) is 18.8 Å². The van der Waals surface area contributed by atoms with Crippen LogP contribution in [0.25, 0.3) is 0 Å². The van der Waals surface area contributed by atoms with Gasteiger partial charge in [-0.25, -0.2) is 0 Å². The molecule has 112 valence electrons. The highest BCUT2D eigenvalue weighted by Gasteiger charge is 2.30. The number of aryl methyl sites for hydroxylation is 1. The summed E-state index contributed by atoms with van der Waals surface area (Å²) in [5.41, 5.74) is 2.74. The van der Waals surface area contributed by atoms with Crippen molar-refractivity contribution in [1.29, 1.82) is 0 Å². The van der Waals surface area contributed by atoms with E-state index < -0.39 is 0 Å². The second kappa shape index (κ2) is 6.62. The van der Waals surface area contributed by atoms with E-state index in [-0.39, 0.29) is 0 Å². The second-order valence-corrected chi connectivity index (χ2v) is 7.04. The van der Waals surface area contributed by atoms with Gasteiger partial charge in [0.1, 0.15) is 0 Å². The molecule has 0 saturated carbocycles. The number of nitrogens with one attached hydrogen (secondary N) is 1. The molecule has 1 heterocycles. The van der Waals surface area contributed by atoms with Crippen LogP contribution in [0.5, 0.6) is 0 Å². The van der Waals surface area contributed by atoms with Crippen LogP contribution in [0.2, 0.25) is 0 Å². The fourth-order valence-corrected chi connectivity index (χ4v) is 3.26. The third-order valence-corrected chi connectivity index (χ3v) is 4.29. The monoisotopic (exact) mass is 274 g/mol. The smallest absolute Gasteiger partial charge is 0.0438 e. The van der Waals surface area contributed by atoms with Crippen LogP contribution >= 0.6 is 0 Å². The SMILES string of the molecule is Cc1cccc(N2CC(CC(C)C)NCC2C(C)C)c1. The second-order valence-electron chi connectivity index (χ2n) is 7.04. The summed E-state index contributed by atoms with van der Waals surface area (Å²) in [7, 11) is 0. The zero-order valence-corrected chi connectivity index (χ0v) is 13.7. The third kappa shape index (κ3) is 3.76. The van der Waals surface area contributed by atoms with E-state index >= 15 is 0 Å². The summed E-state index contributed by atoms with van der Waals surface area (Å²) >= 11 is 0. The van der Waals surface area contributed by atoms with Crippen LogP contribution in [0.3, 0.4) is 0 Å². The highest BCUT2D eigenvalue weighted by atomic mass is 15.2. The molecule has 2 atom stereocenters. The molecular formula is C18H30N2. The van der Waals surface area contributed by atoms with Crippen molar-refractivity contribution >= 4 is 5.69 Å². The van der Waals surface area contributed by atoms with Gasteiger partial charge in [-0.3, -0.25) is 0 Å². The van der Waals surface area contributed by atoms with Crippen molar-refractivity contribution < 1.29 is 0 Å². The first-order chi connectivity index (χ1) is 9.47. The van der Waals surface area contributed by atoms with Crippen molar-refractivity contribution in [2.24, 2.45) is 11.8 Å². The molecule has 2 unspecified atom stereocenters. The van der Waals surface area contributed by atoms with Gasteiger partial charge in [-0.2, -0.15) is 0 Å². The first-order valence-electron chi connectivity index (χ1n) is 8.04. The number of benzene rings is 1. The van der Waals surface area contributed by atoms with Crippen LogP contribution in [-0.4, -0.2) is 25.2 Å². The minimum absolute atomic E-state index is 0.597. The van der Waals surface area contributed by atoms with Crippen molar-refractivity contribution in [2.45, 2.75) is 53.1 Å². The van der Waals surface area contributed by atoms with Crippen molar-refractivity contribution in [3.05, 3.63) is 29.8 Å². The van der Waals surface area contributed by atoms with Gasteiger partial charge in [0.05, 0.1) is 0 Å². The van der Waals surface area contributed by atoms with Gasteiger partial charge in [0.15, 0.2) is 0 Å². The predicted molar refractivity (Wildman–Crippen MR) is 88.4 cm³/mol. The van der Waals surface area contributed by atoms with Gasteiger partial charge in [0.2, 0.25) is 0 Å². The largest absolute Gasteiger partial charge is 0.365 e. The Morgan fingerprint density at radius 2 is 2.00 bits per heavy atom. The van der Waals surface area contributed by atoms with E-state index in [0.717, 1.165) is 19.0 Å². The van der Waals surface area contributed by atoms with E-state index in [0.29, 0.717) is 18.0 Å². The molecule has 0 amide bonds. The molecule has 20 heavy (non-hydrogen) atoms. The summed E-state index contributed by atoms with van der Waals surface area (Å²) in [5, 5.41) is 3.75. The molecule has 2 rings (SSSR count). The molecule has 0 aromatic heterocycles. The maximum absolute atomic E-state index is 3.75. The molecule has 0 bridgehead atoms. The lowest BCUT2D eigenvalue weighted by Crippen LogP contribution is -2.58. The fraction of sp³-hybridized carbons (Fsp3) is 0.667. The Bertz CT molecular complexity index is 425. The van der Waals surface area contributed by atoms with Crippen LogP contribution in [0.1, 0.15) is 39.7 Å². The Kier molecular flexibility index (Phi) is 5.09. The molecule has 2 nitrogen and oxygen atoms in total. The number of nitrogens with zero attached hydrogens (tertiary/aromatic N) is 1. The van der Waals surface area contributed by atoms with E-state index in [9.17, 15) is 0 Å². The Hall–Kier alpha value is -1.02. The quantitative estimate of drug-likeness (QED) is 0.897. The van der Waals surface area contributed by atoms with Gasteiger partial charge in [-0.15, -0.1) is 0 Å².